The lowest BCUT2D eigenvalue weighted by Gasteiger charge is -2.05. The van der Waals surface area contributed by atoms with Crippen molar-refractivity contribution in [2.24, 2.45) is 10.9 Å². The molecule has 0 unspecified atom stereocenters. The molecular weight excluding hydrogens is 216 g/mol. The van der Waals surface area contributed by atoms with Crippen LogP contribution in [-0.4, -0.2) is 20.8 Å². The van der Waals surface area contributed by atoms with Crippen molar-refractivity contribution in [2.45, 2.75) is 13.8 Å². The van der Waals surface area contributed by atoms with Crippen LogP contribution in [0.5, 0.6) is 0 Å². The monoisotopic (exact) mass is 230 g/mol. The molecule has 88 valence electrons. The summed E-state index contributed by atoms with van der Waals surface area (Å²) in [6, 6.07) is 9.36. The summed E-state index contributed by atoms with van der Waals surface area (Å²) in [5, 5.41) is 15.9. The standard InChI is InChI=1S/C12H14N4O/c1-8-7-9(2)16(14-8)11-5-3-10(4-6-11)12(13)15-17/h3-7,17H,1-2H3,(H2,13,15). The van der Waals surface area contributed by atoms with Crippen LogP contribution >= 0.6 is 0 Å². The average molecular weight is 230 g/mol. The van der Waals surface area contributed by atoms with Crippen LogP contribution in [0.3, 0.4) is 0 Å². The topological polar surface area (TPSA) is 76.4 Å². The van der Waals surface area contributed by atoms with E-state index in [0.717, 1.165) is 17.1 Å². The molecule has 1 aromatic carbocycles. The average Bonchev–Trinajstić information content (AvgIpc) is 2.68. The van der Waals surface area contributed by atoms with E-state index in [-0.39, 0.29) is 5.84 Å². The van der Waals surface area contributed by atoms with E-state index in [1.54, 1.807) is 12.1 Å². The smallest absolute Gasteiger partial charge is 0.170 e. The molecule has 0 saturated heterocycles. The van der Waals surface area contributed by atoms with E-state index in [4.69, 9.17) is 10.9 Å². The molecule has 1 aromatic heterocycles. The van der Waals surface area contributed by atoms with E-state index < -0.39 is 0 Å². The predicted molar refractivity (Wildman–Crippen MR) is 65.5 cm³/mol. The lowest BCUT2D eigenvalue weighted by molar-refractivity contribution is 0.318. The Morgan fingerprint density at radius 1 is 1.29 bits per heavy atom. The normalized spacial score (nSPS) is 11.8. The lowest BCUT2D eigenvalue weighted by Crippen LogP contribution is -2.13. The molecular formula is C12H14N4O. The van der Waals surface area contributed by atoms with Gasteiger partial charge in [0.15, 0.2) is 5.84 Å². The van der Waals surface area contributed by atoms with E-state index in [9.17, 15) is 0 Å². The molecule has 0 bridgehead atoms. The molecule has 2 rings (SSSR count). The van der Waals surface area contributed by atoms with Crippen molar-refractivity contribution in [3.63, 3.8) is 0 Å². The van der Waals surface area contributed by atoms with Crippen molar-refractivity contribution in [1.29, 1.82) is 0 Å². The SMILES string of the molecule is Cc1cc(C)n(-c2ccc(/C(N)=N/O)cc2)n1. The molecule has 2 aromatic rings. The first-order valence-corrected chi connectivity index (χ1v) is 5.23. The molecule has 3 N–H and O–H groups in total. The highest BCUT2D eigenvalue weighted by atomic mass is 16.4. The van der Waals surface area contributed by atoms with E-state index >= 15 is 0 Å². The van der Waals surface area contributed by atoms with Gasteiger partial charge < -0.3 is 10.9 Å². The fraction of sp³-hybridized carbons (Fsp3) is 0.167. The van der Waals surface area contributed by atoms with Crippen LogP contribution < -0.4 is 5.73 Å². The Hall–Kier alpha value is -2.30. The van der Waals surface area contributed by atoms with Crippen molar-refractivity contribution in [3.05, 3.63) is 47.3 Å². The summed E-state index contributed by atoms with van der Waals surface area (Å²) in [6.07, 6.45) is 0. The highest BCUT2D eigenvalue weighted by Crippen LogP contribution is 2.12. The zero-order chi connectivity index (χ0) is 12.4. The third-order valence-electron chi connectivity index (χ3n) is 2.52. The second-order valence-corrected chi connectivity index (χ2v) is 3.87. The number of oxime groups is 1. The van der Waals surface area contributed by atoms with Crippen LogP contribution in [0.15, 0.2) is 35.5 Å². The summed E-state index contributed by atoms with van der Waals surface area (Å²) in [4.78, 5) is 0. The molecule has 0 aliphatic heterocycles. The molecule has 0 aliphatic carbocycles. The van der Waals surface area contributed by atoms with Crippen molar-refractivity contribution >= 4 is 5.84 Å². The van der Waals surface area contributed by atoms with Gasteiger partial charge in [0.05, 0.1) is 11.4 Å². The lowest BCUT2D eigenvalue weighted by atomic mass is 10.2. The minimum Gasteiger partial charge on any atom is -0.409 e. The fourth-order valence-electron chi connectivity index (χ4n) is 1.72. The van der Waals surface area contributed by atoms with Crippen LogP contribution in [0.25, 0.3) is 5.69 Å². The molecule has 0 atom stereocenters. The first-order chi connectivity index (χ1) is 8.11. The highest BCUT2D eigenvalue weighted by molar-refractivity contribution is 5.97. The largest absolute Gasteiger partial charge is 0.409 e. The van der Waals surface area contributed by atoms with Gasteiger partial charge in [-0.05, 0) is 44.2 Å². The van der Waals surface area contributed by atoms with Gasteiger partial charge in [0.2, 0.25) is 0 Å². The van der Waals surface area contributed by atoms with E-state index in [1.807, 2.05) is 36.7 Å². The van der Waals surface area contributed by atoms with Crippen LogP contribution in [0.4, 0.5) is 0 Å². The van der Waals surface area contributed by atoms with Crippen LogP contribution in [-0.2, 0) is 0 Å². The van der Waals surface area contributed by atoms with Gasteiger partial charge in [-0.1, -0.05) is 5.16 Å². The Balaban J connectivity index is 2.39. The maximum Gasteiger partial charge on any atom is 0.170 e. The first kappa shape index (κ1) is 11.2. The van der Waals surface area contributed by atoms with Gasteiger partial charge in [0.25, 0.3) is 0 Å². The summed E-state index contributed by atoms with van der Waals surface area (Å²) >= 11 is 0. The van der Waals surface area contributed by atoms with E-state index in [0.29, 0.717) is 5.56 Å². The number of hydrogen-bond acceptors (Lipinski definition) is 3. The molecule has 0 fully saturated rings. The number of nitrogens with two attached hydrogens (primary N) is 1. The third-order valence-corrected chi connectivity index (χ3v) is 2.52. The van der Waals surface area contributed by atoms with Crippen LogP contribution in [0.1, 0.15) is 17.0 Å². The minimum absolute atomic E-state index is 0.102. The predicted octanol–water partition coefficient (Wildman–Crippen LogP) is 1.58. The Kier molecular flexibility index (Phi) is 2.82. The molecule has 5 nitrogen and oxygen atoms in total. The summed E-state index contributed by atoms with van der Waals surface area (Å²) in [5.41, 5.74) is 9.17. The Morgan fingerprint density at radius 3 is 2.41 bits per heavy atom. The molecule has 0 spiro atoms. The second kappa shape index (κ2) is 4.29. The van der Waals surface area contributed by atoms with E-state index in [1.165, 1.54) is 0 Å². The number of hydrogen-bond donors (Lipinski definition) is 2. The van der Waals surface area contributed by atoms with Gasteiger partial charge >= 0.3 is 0 Å². The molecule has 5 heteroatoms. The molecule has 0 saturated carbocycles. The zero-order valence-electron chi connectivity index (χ0n) is 9.75. The number of nitrogens with zero attached hydrogens (tertiary/aromatic N) is 3. The number of aromatic nitrogens is 2. The number of amidine groups is 1. The van der Waals surface area contributed by atoms with Gasteiger partial charge in [-0.25, -0.2) is 4.68 Å². The summed E-state index contributed by atoms with van der Waals surface area (Å²) < 4.78 is 1.85. The summed E-state index contributed by atoms with van der Waals surface area (Å²) in [6.45, 7) is 3.95. The van der Waals surface area contributed by atoms with Gasteiger partial charge in [0.1, 0.15) is 0 Å². The Morgan fingerprint density at radius 2 is 1.94 bits per heavy atom. The van der Waals surface area contributed by atoms with Gasteiger partial charge in [0, 0.05) is 11.3 Å². The second-order valence-electron chi connectivity index (χ2n) is 3.87. The summed E-state index contributed by atoms with van der Waals surface area (Å²) in [7, 11) is 0. The van der Waals surface area contributed by atoms with Crippen molar-refractivity contribution in [2.75, 3.05) is 0 Å². The maximum atomic E-state index is 8.57. The zero-order valence-corrected chi connectivity index (χ0v) is 9.75. The molecule has 0 amide bonds. The minimum atomic E-state index is 0.102. The third kappa shape index (κ3) is 2.13. The fourth-order valence-corrected chi connectivity index (χ4v) is 1.72. The molecule has 17 heavy (non-hydrogen) atoms. The first-order valence-electron chi connectivity index (χ1n) is 5.23. The molecule has 1 heterocycles. The van der Waals surface area contributed by atoms with Crippen molar-refractivity contribution in [3.8, 4) is 5.69 Å². The van der Waals surface area contributed by atoms with Gasteiger partial charge in [-0.2, -0.15) is 5.10 Å². The number of benzene rings is 1. The van der Waals surface area contributed by atoms with Crippen LogP contribution in [0, 0.1) is 13.8 Å². The van der Waals surface area contributed by atoms with Crippen molar-refractivity contribution < 1.29 is 5.21 Å². The number of aryl methyl sites for hydroxylation is 2. The molecule has 0 aliphatic rings. The quantitative estimate of drug-likeness (QED) is 0.356. The Labute approximate surface area is 99.2 Å². The Bertz CT molecular complexity index is 554. The molecule has 0 radical (unpaired) electrons. The maximum absolute atomic E-state index is 8.57. The van der Waals surface area contributed by atoms with Crippen molar-refractivity contribution in [1.82, 2.24) is 9.78 Å². The number of rotatable bonds is 2. The summed E-state index contributed by atoms with van der Waals surface area (Å²) in [5.74, 6) is 0.102. The van der Waals surface area contributed by atoms with Crippen LogP contribution in [0.2, 0.25) is 0 Å². The van der Waals surface area contributed by atoms with E-state index in [2.05, 4.69) is 10.3 Å². The van der Waals surface area contributed by atoms with Gasteiger partial charge in [-0.3, -0.25) is 0 Å². The highest BCUT2D eigenvalue weighted by Gasteiger charge is 2.04. The van der Waals surface area contributed by atoms with Gasteiger partial charge in [-0.15, -0.1) is 0 Å².